The zero-order valence-electron chi connectivity index (χ0n) is 9.05. The Hall–Kier alpha value is -1.07. The Balaban J connectivity index is 2.04. The molecule has 2 rings (SSSR count). The number of aromatic nitrogens is 2. The highest BCUT2D eigenvalue weighted by Crippen LogP contribution is 2.25. The van der Waals surface area contributed by atoms with Gasteiger partial charge in [-0.25, -0.2) is 4.98 Å². The molecule has 1 aromatic heterocycles. The van der Waals surface area contributed by atoms with Crippen LogP contribution in [0.25, 0.3) is 0 Å². The van der Waals surface area contributed by atoms with Crippen LogP contribution in [0.2, 0.25) is 5.02 Å². The molecule has 0 bridgehead atoms. The van der Waals surface area contributed by atoms with E-state index in [1.165, 1.54) is 6.33 Å². The number of aromatic amines is 1. The molecule has 1 aliphatic heterocycles. The third-order valence-electron chi connectivity index (χ3n) is 2.73. The van der Waals surface area contributed by atoms with Gasteiger partial charge < -0.3 is 15.0 Å². The first-order chi connectivity index (χ1) is 7.61. The molecule has 0 aliphatic carbocycles. The largest absolute Gasteiger partial charge is 0.373 e. The van der Waals surface area contributed by atoms with E-state index in [0.717, 1.165) is 19.4 Å². The predicted octanol–water partition coefficient (Wildman–Crippen LogP) is 1.40. The molecule has 16 heavy (non-hydrogen) atoms. The third-order valence-corrected chi connectivity index (χ3v) is 3.08. The number of H-pyrrole nitrogens is 1. The zero-order valence-corrected chi connectivity index (χ0v) is 9.80. The van der Waals surface area contributed by atoms with Gasteiger partial charge in [-0.2, -0.15) is 0 Å². The number of ether oxygens (including phenoxy) is 1. The first-order valence-corrected chi connectivity index (χ1v) is 5.60. The molecule has 2 N–H and O–H groups in total. The summed E-state index contributed by atoms with van der Waals surface area (Å²) in [7, 11) is 0. The average Bonchev–Trinajstić information content (AvgIpc) is 2.68. The maximum atomic E-state index is 11.2. The summed E-state index contributed by atoms with van der Waals surface area (Å²) in [5.74, 6) is 0.405. The Bertz CT molecular complexity index is 426. The quantitative estimate of drug-likeness (QED) is 0.842. The maximum Gasteiger partial charge on any atom is 0.271 e. The van der Waals surface area contributed by atoms with E-state index in [1.54, 1.807) is 0 Å². The standard InChI is InChI=1S/C10H14ClN3O2/c1-10(3-2-4-16-10)5-12-8-7(11)9(15)14-6-13-8/h6H,2-5H2,1H3,(H2,12,13,14,15). The number of nitrogens with zero attached hydrogens (tertiary/aromatic N) is 1. The lowest BCUT2D eigenvalue weighted by Gasteiger charge is -2.23. The van der Waals surface area contributed by atoms with Crippen molar-refractivity contribution in [2.24, 2.45) is 0 Å². The van der Waals surface area contributed by atoms with Gasteiger partial charge in [0.1, 0.15) is 5.02 Å². The van der Waals surface area contributed by atoms with Gasteiger partial charge in [0, 0.05) is 13.2 Å². The van der Waals surface area contributed by atoms with Crippen molar-refractivity contribution in [3.63, 3.8) is 0 Å². The smallest absolute Gasteiger partial charge is 0.271 e. The van der Waals surface area contributed by atoms with E-state index in [9.17, 15) is 4.79 Å². The molecule has 1 aromatic rings. The molecule has 1 atom stereocenters. The second-order valence-corrected chi connectivity index (χ2v) is 4.53. The Morgan fingerprint density at radius 2 is 2.56 bits per heavy atom. The normalized spacial score (nSPS) is 24.6. The Morgan fingerprint density at radius 1 is 1.75 bits per heavy atom. The van der Waals surface area contributed by atoms with Crippen molar-refractivity contribution in [2.45, 2.75) is 25.4 Å². The Labute approximate surface area is 98.2 Å². The van der Waals surface area contributed by atoms with Gasteiger partial charge in [-0.15, -0.1) is 0 Å². The molecule has 88 valence electrons. The lowest BCUT2D eigenvalue weighted by molar-refractivity contribution is 0.0315. The summed E-state index contributed by atoms with van der Waals surface area (Å²) >= 11 is 5.81. The molecular weight excluding hydrogens is 230 g/mol. The van der Waals surface area contributed by atoms with Gasteiger partial charge in [-0.3, -0.25) is 4.79 Å². The van der Waals surface area contributed by atoms with Crippen molar-refractivity contribution in [1.29, 1.82) is 0 Å². The lowest BCUT2D eigenvalue weighted by Crippen LogP contribution is -2.33. The molecule has 1 aliphatic rings. The summed E-state index contributed by atoms with van der Waals surface area (Å²) in [6, 6.07) is 0. The molecule has 0 saturated carbocycles. The van der Waals surface area contributed by atoms with Crippen LogP contribution >= 0.6 is 11.6 Å². The number of halogens is 1. The minimum Gasteiger partial charge on any atom is -0.373 e. The van der Waals surface area contributed by atoms with E-state index in [-0.39, 0.29) is 16.2 Å². The fraction of sp³-hybridized carbons (Fsp3) is 0.600. The van der Waals surface area contributed by atoms with Crippen LogP contribution < -0.4 is 10.9 Å². The fourth-order valence-corrected chi connectivity index (χ4v) is 1.92. The van der Waals surface area contributed by atoms with Crippen LogP contribution in [0.4, 0.5) is 5.82 Å². The van der Waals surface area contributed by atoms with Crippen LogP contribution in [-0.4, -0.2) is 28.7 Å². The number of hydrogen-bond donors (Lipinski definition) is 2. The molecule has 5 nitrogen and oxygen atoms in total. The van der Waals surface area contributed by atoms with Gasteiger partial charge in [0.05, 0.1) is 11.9 Å². The molecule has 0 amide bonds. The van der Waals surface area contributed by atoms with Gasteiger partial charge in [-0.1, -0.05) is 11.6 Å². The third kappa shape index (κ3) is 2.36. The SMILES string of the molecule is CC1(CNc2nc[nH]c(=O)c2Cl)CCCO1. The maximum absolute atomic E-state index is 11.2. The van der Waals surface area contributed by atoms with E-state index >= 15 is 0 Å². The first-order valence-electron chi connectivity index (χ1n) is 5.22. The topological polar surface area (TPSA) is 67.0 Å². The second-order valence-electron chi connectivity index (χ2n) is 4.15. The van der Waals surface area contributed by atoms with E-state index < -0.39 is 0 Å². The van der Waals surface area contributed by atoms with Crippen LogP contribution in [0.15, 0.2) is 11.1 Å². The first kappa shape index (κ1) is 11.4. The summed E-state index contributed by atoms with van der Waals surface area (Å²) in [5.41, 5.74) is -0.523. The minimum atomic E-state index is -0.336. The lowest BCUT2D eigenvalue weighted by atomic mass is 10.0. The average molecular weight is 244 g/mol. The summed E-state index contributed by atoms with van der Waals surface area (Å²) in [5, 5.41) is 3.14. The molecule has 6 heteroatoms. The molecule has 1 saturated heterocycles. The van der Waals surface area contributed by atoms with Crippen molar-refractivity contribution in [3.05, 3.63) is 21.7 Å². The van der Waals surface area contributed by atoms with Crippen molar-refractivity contribution in [1.82, 2.24) is 9.97 Å². The molecule has 1 unspecified atom stereocenters. The highest BCUT2D eigenvalue weighted by molar-refractivity contribution is 6.32. The van der Waals surface area contributed by atoms with Crippen LogP contribution in [0.5, 0.6) is 0 Å². The van der Waals surface area contributed by atoms with Gasteiger partial charge in [0.2, 0.25) is 0 Å². The minimum absolute atomic E-state index is 0.0871. The molecule has 1 fully saturated rings. The van der Waals surface area contributed by atoms with E-state index in [2.05, 4.69) is 15.3 Å². The van der Waals surface area contributed by atoms with Crippen molar-refractivity contribution in [3.8, 4) is 0 Å². The van der Waals surface area contributed by atoms with Crippen molar-refractivity contribution in [2.75, 3.05) is 18.5 Å². The zero-order chi connectivity index (χ0) is 11.6. The Morgan fingerprint density at radius 3 is 3.25 bits per heavy atom. The predicted molar refractivity (Wildman–Crippen MR) is 61.9 cm³/mol. The van der Waals surface area contributed by atoms with E-state index in [4.69, 9.17) is 16.3 Å². The van der Waals surface area contributed by atoms with Crippen molar-refractivity contribution >= 4 is 17.4 Å². The number of hydrogen-bond acceptors (Lipinski definition) is 4. The monoisotopic (exact) mass is 243 g/mol. The summed E-state index contributed by atoms with van der Waals surface area (Å²) in [6.45, 7) is 3.42. The van der Waals surface area contributed by atoms with E-state index in [0.29, 0.717) is 12.4 Å². The molecule has 0 radical (unpaired) electrons. The molecule has 0 aromatic carbocycles. The highest BCUT2D eigenvalue weighted by Gasteiger charge is 2.29. The highest BCUT2D eigenvalue weighted by atomic mass is 35.5. The Kier molecular flexibility index (Phi) is 3.16. The summed E-state index contributed by atoms with van der Waals surface area (Å²) in [6.07, 6.45) is 3.39. The van der Waals surface area contributed by atoms with Crippen LogP contribution in [0.1, 0.15) is 19.8 Å². The molecular formula is C10H14ClN3O2. The van der Waals surface area contributed by atoms with Crippen molar-refractivity contribution < 1.29 is 4.74 Å². The number of anilines is 1. The van der Waals surface area contributed by atoms with Crippen LogP contribution in [-0.2, 0) is 4.74 Å². The summed E-state index contributed by atoms with van der Waals surface area (Å²) in [4.78, 5) is 17.6. The van der Waals surface area contributed by atoms with Crippen LogP contribution in [0, 0.1) is 0 Å². The number of rotatable bonds is 3. The van der Waals surface area contributed by atoms with Gasteiger partial charge in [0.15, 0.2) is 5.82 Å². The van der Waals surface area contributed by atoms with Gasteiger partial charge >= 0.3 is 0 Å². The van der Waals surface area contributed by atoms with Gasteiger partial charge in [-0.05, 0) is 19.8 Å². The van der Waals surface area contributed by atoms with Crippen LogP contribution in [0.3, 0.4) is 0 Å². The fourth-order valence-electron chi connectivity index (χ4n) is 1.75. The van der Waals surface area contributed by atoms with E-state index in [1.807, 2.05) is 6.92 Å². The van der Waals surface area contributed by atoms with Gasteiger partial charge in [0.25, 0.3) is 5.56 Å². The molecule has 0 spiro atoms. The molecule has 2 heterocycles. The summed E-state index contributed by atoms with van der Waals surface area (Å²) < 4.78 is 5.61. The number of nitrogens with one attached hydrogen (secondary N) is 2. The second kappa shape index (κ2) is 4.43.